The second-order valence-electron chi connectivity index (χ2n) is 12.9. The number of hydrogen-bond acceptors (Lipinski definition) is 7. The third-order valence-corrected chi connectivity index (χ3v) is 10.2. The average Bonchev–Trinajstić information content (AvgIpc) is 2.98. The molecule has 2 saturated heterocycles. The van der Waals surface area contributed by atoms with Crippen molar-refractivity contribution < 1.29 is 14.4 Å². The lowest BCUT2D eigenvalue weighted by Crippen LogP contribution is -2.58. The zero-order chi connectivity index (χ0) is 29.1. The molecular weight excluding hydrogens is 528 g/mol. The molecule has 0 N–H and O–H groups in total. The average molecular weight is 575 g/mol. The Bertz CT molecular complexity index is 1340. The fourth-order valence-corrected chi connectivity index (χ4v) is 8.67. The number of hydrogen-bond donors (Lipinski definition) is 0. The van der Waals surface area contributed by atoms with Crippen molar-refractivity contribution in [3.8, 4) is 0 Å². The van der Waals surface area contributed by atoms with Gasteiger partial charge in [0.05, 0.1) is 24.1 Å². The largest absolute Gasteiger partial charge is 0.466 e. The van der Waals surface area contributed by atoms with Gasteiger partial charge in [-0.2, -0.15) is 0 Å². The van der Waals surface area contributed by atoms with Crippen LogP contribution in [-0.4, -0.2) is 57.5 Å². The minimum absolute atomic E-state index is 0.0965. The molecule has 42 heavy (non-hydrogen) atoms. The number of piperidine rings is 2. The highest BCUT2D eigenvalue weighted by Gasteiger charge is 2.45. The predicted octanol–water partition coefficient (Wildman–Crippen LogP) is 6.17. The lowest BCUT2D eigenvalue weighted by Gasteiger charge is -2.55. The number of rotatable bonds is 10. The van der Waals surface area contributed by atoms with Gasteiger partial charge in [0, 0.05) is 30.6 Å². The first kappa shape index (κ1) is 29.1. The molecule has 0 radical (unpaired) electrons. The van der Waals surface area contributed by atoms with Crippen LogP contribution in [0, 0.1) is 11.8 Å². The van der Waals surface area contributed by atoms with E-state index in [4.69, 9.17) is 14.6 Å². The number of para-hydroxylation sites is 2. The highest BCUT2D eigenvalue weighted by atomic mass is 16.6. The third-order valence-electron chi connectivity index (χ3n) is 10.2. The molecule has 6 atom stereocenters. The fourth-order valence-electron chi connectivity index (χ4n) is 8.67. The Kier molecular flexibility index (Phi) is 9.08. The predicted molar refractivity (Wildman–Crippen MR) is 165 cm³/mol. The number of ether oxygens (including phenoxy) is 1. The van der Waals surface area contributed by atoms with Crippen LogP contribution in [0.2, 0.25) is 0 Å². The molecule has 8 heteroatoms. The topological polar surface area (TPSA) is 86.0 Å². The summed E-state index contributed by atoms with van der Waals surface area (Å²) in [5.74, 6) is 1.49. The van der Waals surface area contributed by atoms with Crippen molar-refractivity contribution in [2.24, 2.45) is 17.0 Å². The molecule has 2 aliphatic carbocycles. The molecule has 3 unspecified atom stereocenters. The van der Waals surface area contributed by atoms with Gasteiger partial charge in [-0.1, -0.05) is 55.6 Å². The number of benzene rings is 1. The molecule has 4 bridgehead atoms. The Balaban J connectivity index is 1.33. The van der Waals surface area contributed by atoms with Gasteiger partial charge in [0.2, 0.25) is 0 Å². The maximum absolute atomic E-state index is 14.4. The Labute approximate surface area is 249 Å². The van der Waals surface area contributed by atoms with Gasteiger partial charge in [0.25, 0.3) is 5.56 Å². The molecular formula is C34H46N4O4. The standard InChI is InChI=1S/C34H46N4O4/c1-3-17-42-36-30(15-16-32(39)41-4-2)33-34(40)38(31-14-6-5-13-29(31)35-33)28-21-25-11-8-12-26(22-28)37(25)27-19-23-9-7-10-24(18-23)20-27/h3,5-6,13-14,23-28H,1,4,7-12,15-22H2,2H3/t23-,24?,25+,26?,27?,28-/m0/s1. The molecule has 4 aliphatic rings. The number of oxime groups is 1. The molecule has 1 aromatic heterocycles. The summed E-state index contributed by atoms with van der Waals surface area (Å²) >= 11 is 0. The highest BCUT2D eigenvalue weighted by Crippen LogP contribution is 2.47. The van der Waals surface area contributed by atoms with Gasteiger partial charge >= 0.3 is 5.97 Å². The van der Waals surface area contributed by atoms with Crippen molar-refractivity contribution in [3.63, 3.8) is 0 Å². The van der Waals surface area contributed by atoms with E-state index in [1.807, 2.05) is 28.8 Å². The van der Waals surface area contributed by atoms with E-state index in [9.17, 15) is 9.59 Å². The zero-order valence-corrected chi connectivity index (χ0v) is 25.1. The summed E-state index contributed by atoms with van der Waals surface area (Å²) in [6, 6.07) is 9.74. The minimum Gasteiger partial charge on any atom is -0.466 e. The zero-order valence-electron chi connectivity index (χ0n) is 25.1. The lowest BCUT2D eigenvalue weighted by molar-refractivity contribution is -0.142. The first-order chi connectivity index (χ1) is 20.6. The Morgan fingerprint density at radius 2 is 1.69 bits per heavy atom. The van der Waals surface area contributed by atoms with E-state index in [1.165, 1.54) is 57.8 Å². The van der Waals surface area contributed by atoms with Crippen molar-refractivity contribution in [1.29, 1.82) is 0 Å². The third kappa shape index (κ3) is 6.05. The summed E-state index contributed by atoms with van der Waals surface area (Å²) in [5, 5.41) is 4.28. The number of carbonyl (C=O) groups is 1. The maximum Gasteiger partial charge on any atom is 0.306 e. The van der Waals surface area contributed by atoms with Crippen molar-refractivity contribution >= 4 is 22.7 Å². The molecule has 226 valence electrons. The van der Waals surface area contributed by atoms with E-state index in [1.54, 1.807) is 13.0 Å². The summed E-state index contributed by atoms with van der Waals surface area (Å²) in [6.45, 7) is 5.99. The van der Waals surface area contributed by atoms with Crippen LogP contribution < -0.4 is 5.56 Å². The van der Waals surface area contributed by atoms with E-state index in [2.05, 4.69) is 16.6 Å². The summed E-state index contributed by atoms with van der Waals surface area (Å²) in [6.07, 6.45) is 16.0. The smallest absolute Gasteiger partial charge is 0.306 e. The highest BCUT2D eigenvalue weighted by molar-refractivity contribution is 6.00. The van der Waals surface area contributed by atoms with Gasteiger partial charge in [0.15, 0.2) is 5.69 Å². The van der Waals surface area contributed by atoms with Gasteiger partial charge in [0.1, 0.15) is 12.3 Å². The molecule has 4 fully saturated rings. The number of fused-ring (bicyclic) bond motifs is 5. The van der Waals surface area contributed by atoms with Crippen LogP contribution in [0.3, 0.4) is 0 Å². The molecule has 1 aromatic carbocycles. The molecule has 3 heterocycles. The monoisotopic (exact) mass is 574 g/mol. The normalized spacial score (nSPS) is 29.7. The number of esters is 1. The van der Waals surface area contributed by atoms with E-state index < -0.39 is 0 Å². The van der Waals surface area contributed by atoms with Crippen molar-refractivity contribution in [1.82, 2.24) is 14.5 Å². The molecule has 2 aliphatic heterocycles. The van der Waals surface area contributed by atoms with Crippen LogP contribution in [-0.2, 0) is 14.4 Å². The fraction of sp³-hybridized carbons (Fsp3) is 0.647. The van der Waals surface area contributed by atoms with Crippen LogP contribution in [0.1, 0.15) is 102 Å². The Hall–Kier alpha value is -3.00. The Morgan fingerprint density at radius 1 is 0.976 bits per heavy atom. The second-order valence-corrected chi connectivity index (χ2v) is 12.9. The van der Waals surface area contributed by atoms with Gasteiger partial charge in [-0.05, 0) is 75.8 Å². The van der Waals surface area contributed by atoms with Crippen LogP contribution in [0.15, 0.2) is 46.9 Å². The minimum atomic E-state index is -0.331. The van der Waals surface area contributed by atoms with Crippen molar-refractivity contribution in [3.05, 3.63) is 53.0 Å². The molecule has 2 saturated carbocycles. The second kappa shape index (κ2) is 13.1. The van der Waals surface area contributed by atoms with Crippen LogP contribution in [0.25, 0.3) is 11.0 Å². The molecule has 0 spiro atoms. The van der Waals surface area contributed by atoms with Crippen LogP contribution in [0.4, 0.5) is 0 Å². The van der Waals surface area contributed by atoms with Crippen molar-refractivity contribution in [2.75, 3.05) is 13.2 Å². The quantitative estimate of drug-likeness (QED) is 0.111. The van der Waals surface area contributed by atoms with Gasteiger partial charge in [-0.15, -0.1) is 0 Å². The maximum atomic E-state index is 14.4. The van der Waals surface area contributed by atoms with Gasteiger partial charge in [-0.3, -0.25) is 14.5 Å². The van der Waals surface area contributed by atoms with Crippen molar-refractivity contribution in [2.45, 2.75) is 115 Å². The van der Waals surface area contributed by atoms with Crippen LogP contribution >= 0.6 is 0 Å². The van der Waals surface area contributed by atoms with Gasteiger partial charge in [-0.25, -0.2) is 4.98 Å². The van der Waals surface area contributed by atoms with E-state index in [-0.39, 0.29) is 42.7 Å². The molecule has 6 rings (SSSR count). The summed E-state index contributed by atoms with van der Waals surface area (Å²) < 4.78 is 7.14. The van der Waals surface area contributed by atoms with Gasteiger partial charge < -0.3 is 14.1 Å². The number of nitrogens with zero attached hydrogens (tertiary/aromatic N) is 4. The van der Waals surface area contributed by atoms with Crippen LogP contribution in [0.5, 0.6) is 0 Å². The molecule has 2 aromatic rings. The molecule has 8 nitrogen and oxygen atoms in total. The molecule has 0 amide bonds. The lowest BCUT2D eigenvalue weighted by atomic mass is 9.68. The van der Waals surface area contributed by atoms with E-state index >= 15 is 0 Å². The summed E-state index contributed by atoms with van der Waals surface area (Å²) in [4.78, 5) is 39.8. The number of carbonyl (C=O) groups excluding carboxylic acids is 1. The summed E-state index contributed by atoms with van der Waals surface area (Å²) in [7, 11) is 0. The van der Waals surface area contributed by atoms with E-state index in [0.717, 1.165) is 35.7 Å². The Morgan fingerprint density at radius 3 is 2.40 bits per heavy atom. The number of aromatic nitrogens is 2. The summed E-state index contributed by atoms with van der Waals surface area (Å²) in [5.41, 5.74) is 2.11. The van der Waals surface area contributed by atoms with E-state index in [0.29, 0.717) is 30.4 Å². The first-order valence-electron chi connectivity index (χ1n) is 16.3. The SMILES string of the molecule is C=CCON=C(CCC(=O)OCC)c1nc2ccccc2n([C@@H]2CC3CCC[C@H](C2)N3C2CC3CCC[C@@H](C3)C2)c1=O. The first-order valence-corrected chi connectivity index (χ1v) is 16.3.